The van der Waals surface area contributed by atoms with Crippen LogP contribution in [0.4, 0.5) is 5.95 Å². The van der Waals surface area contributed by atoms with E-state index in [1.807, 2.05) is 26.1 Å². The van der Waals surface area contributed by atoms with E-state index < -0.39 is 0 Å². The third-order valence-electron chi connectivity index (χ3n) is 2.13. The number of aromatic nitrogens is 4. The Kier molecular flexibility index (Phi) is 3.54. The van der Waals surface area contributed by atoms with Crippen molar-refractivity contribution in [3.05, 3.63) is 29.7 Å². The predicted octanol–water partition coefficient (Wildman–Crippen LogP) is 1.52. The van der Waals surface area contributed by atoms with Crippen molar-refractivity contribution < 1.29 is 4.74 Å². The second kappa shape index (κ2) is 5.29. The van der Waals surface area contributed by atoms with Crippen molar-refractivity contribution in [1.29, 1.82) is 0 Å². The van der Waals surface area contributed by atoms with Crippen molar-refractivity contribution in [2.75, 3.05) is 11.9 Å². The summed E-state index contributed by atoms with van der Waals surface area (Å²) in [6.07, 6.45) is 3.58. The van der Waals surface area contributed by atoms with E-state index in [2.05, 4.69) is 25.5 Å². The Morgan fingerprint density at radius 1 is 1.41 bits per heavy atom. The largest absolute Gasteiger partial charge is 0.478 e. The van der Waals surface area contributed by atoms with Crippen molar-refractivity contribution in [1.82, 2.24) is 20.2 Å². The van der Waals surface area contributed by atoms with Crippen LogP contribution in [0.2, 0.25) is 0 Å². The van der Waals surface area contributed by atoms with Gasteiger partial charge in [-0.2, -0.15) is 10.1 Å². The molecule has 0 aliphatic heterocycles. The number of hydrogen-bond acceptors (Lipinski definition) is 5. The van der Waals surface area contributed by atoms with Gasteiger partial charge in [-0.25, -0.2) is 4.98 Å². The molecule has 0 saturated carbocycles. The minimum Gasteiger partial charge on any atom is -0.478 e. The fraction of sp³-hybridized carbons (Fsp3) is 0.364. The van der Waals surface area contributed by atoms with Gasteiger partial charge in [-0.1, -0.05) is 0 Å². The van der Waals surface area contributed by atoms with Gasteiger partial charge in [0.05, 0.1) is 12.8 Å². The summed E-state index contributed by atoms with van der Waals surface area (Å²) < 4.78 is 5.35. The number of ether oxygens (including phenoxy) is 1. The Morgan fingerprint density at radius 2 is 2.29 bits per heavy atom. The van der Waals surface area contributed by atoms with Gasteiger partial charge in [-0.15, -0.1) is 0 Å². The Labute approximate surface area is 99.4 Å². The molecule has 2 rings (SSSR count). The summed E-state index contributed by atoms with van der Waals surface area (Å²) in [6.45, 7) is 5.06. The SMILES string of the molecule is CCOc1cc(C)nc(NCc2cn[nH]c2)n1. The third-order valence-corrected chi connectivity index (χ3v) is 2.13. The van der Waals surface area contributed by atoms with Gasteiger partial charge in [-0.3, -0.25) is 5.10 Å². The average molecular weight is 233 g/mol. The van der Waals surface area contributed by atoms with E-state index in [1.165, 1.54) is 0 Å². The van der Waals surface area contributed by atoms with Crippen LogP contribution in [0.1, 0.15) is 18.2 Å². The molecule has 2 heterocycles. The van der Waals surface area contributed by atoms with E-state index in [0.717, 1.165) is 11.3 Å². The molecule has 0 aliphatic carbocycles. The Bertz CT molecular complexity index is 469. The van der Waals surface area contributed by atoms with Gasteiger partial charge in [0.15, 0.2) is 0 Å². The van der Waals surface area contributed by atoms with Crippen molar-refractivity contribution in [2.24, 2.45) is 0 Å². The van der Waals surface area contributed by atoms with E-state index in [9.17, 15) is 0 Å². The van der Waals surface area contributed by atoms with Crippen molar-refractivity contribution >= 4 is 5.95 Å². The molecule has 0 spiro atoms. The van der Waals surface area contributed by atoms with Gasteiger partial charge in [0.2, 0.25) is 11.8 Å². The first-order chi connectivity index (χ1) is 8.28. The van der Waals surface area contributed by atoms with Gasteiger partial charge in [0.1, 0.15) is 0 Å². The topological polar surface area (TPSA) is 75.7 Å². The molecule has 0 aromatic carbocycles. The van der Waals surface area contributed by atoms with Gasteiger partial charge in [-0.05, 0) is 13.8 Å². The lowest BCUT2D eigenvalue weighted by Gasteiger charge is -2.07. The molecule has 90 valence electrons. The van der Waals surface area contributed by atoms with E-state index in [0.29, 0.717) is 25.0 Å². The number of H-pyrrole nitrogens is 1. The molecular weight excluding hydrogens is 218 g/mol. The first-order valence-electron chi connectivity index (χ1n) is 5.48. The molecule has 2 aromatic rings. The van der Waals surface area contributed by atoms with Crippen LogP contribution in [0.5, 0.6) is 5.88 Å². The summed E-state index contributed by atoms with van der Waals surface area (Å²) in [6, 6.07) is 1.81. The zero-order chi connectivity index (χ0) is 12.1. The number of nitrogens with one attached hydrogen (secondary N) is 2. The quantitative estimate of drug-likeness (QED) is 0.818. The highest BCUT2D eigenvalue weighted by Gasteiger charge is 2.02. The Morgan fingerprint density at radius 3 is 3.00 bits per heavy atom. The molecule has 0 radical (unpaired) electrons. The lowest BCUT2D eigenvalue weighted by Crippen LogP contribution is -2.05. The highest BCUT2D eigenvalue weighted by molar-refractivity contribution is 5.31. The molecule has 6 heteroatoms. The molecule has 0 saturated heterocycles. The Balaban J connectivity index is 2.04. The van der Waals surface area contributed by atoms with Crippen molar-refractivity contribution in [3.8, 4) is 5.88 Å². The number of nitrogens with zero attached hydrogens (tertiary/aromatic N) is 3. The average Bonchev–Trinajstić information content (AvgIpc) is 2.79. The first kappa shape index (κ1) is 11.4. The molecule has 0 aliphatic rings. The van der Waals surface area contributed by atoms with Crippen LogP contribution in [0.15, 0.2) is 18.5 Å². The van der Waals surface area contributed by atoms with E-state index in [1.54, 1.807) is 6.20 Å². The lowest BCUT2D eigenvalue weighted by molar-refractivity contribution is 0.326. The van der Waals surface area contributed by atoms with Gasteiger partial charge >= 0.3 is 0 Å². The second-order valence-corrected chi connectivity index (χ2v) is 3.56. The highest BCUT2D eigenvalue weighted by Crippen LogP contribution is 2.12. The van der Waals surface area contributed by atoms with Crippen molar-refractivity contribution in [2.45, 2.75) is 20.4 Å². The maximum absolute atomic E-state index is 5.35. The number of anilines is 1. The molecule has 2 aromatic heterocycles. The molecular formula is C11H15N5O. The van der Waals surface area contributed by atoms with Crippen molar-refractivity contribution in [3.63, 3.8) is 0 Å². The fourth-order valence-corrected chi connectivity index (χ4v) is 1.40. The standard InChI is InChI=1S/C11H15N5O/c1-3-17-10-4-8(2)15-11(16-10)12-5-9-6-13-14-7-9/h4,6-7H,3,5H2,1-2H3,(H,13,14)(H,12,15,16). The Hall–Kier alpha value is -2.11. The number of rotatable bonds is 5. The smallest absolute Gasteiger partial charge is 0.226 e. The minimum absolute atomic E-state index is 0.564. The van der Waals surface area contributed by atoms with Gasteiger partial charge in [0.25, 0.3) is 0 Å². The molecule has 0 fully saturated rings. The van der Waals surface area contributed by atoms with Gasteiger partial charge in [0, 0.05) is 30.1 Å². The van der Waals surface area contributed by atoms with E-state index in [4.69, 9.17) is 4.74 Å². The molecule has 6 nitrogen and oxygen atoms in total. The summed E-state index contributed by atoms with van der Waals surface area (Å²) in [4.78, 5) is 8.53. The molecule has 0 amide bonds. The number of hydrogen-bond donors (Lipinski definition) is 2. The minimum atomic E-state index is 0.564. The zero-order valence-electron chi connectivity index (χ0n) is 9.90. The van der Waals surface area contributed by atoms with Gasteiger partial charge < -0.3 is 10.1 Å². The van der Waals surface area contributed by atoms with Crippen LogP contribution in [-0.2, 0) is 6.54 Å². The normalized spacial score (nSPS) is 10.2. The molecule has 0 bridgehead atoms. The summed E-state index contributed by atoms with van der Waals surface area (Å²) in [5, 5.41) is 9.75. The highest BCUT2D eigenvalue weighted by atomic mass is 16.5. The first-order valence-corrected chi connectivity index (χ1v) is 5.48. The van der Waals surface area contributed by atoms with Crippen LogP contribution >= 0.6 is 0 Å². The fourth-order valence-electron chi connectivity index (χ4n) is 1.40. The second-order valence-electron chi connectivity index (χ2n) is 3.56. The monoisotopic (exact) mass is 233 g/mol. The van der Waals surface area contributed by atoms with Crippen LogP contribution in [0.3, 0.4) is 0 Å². The molecule has 2 N–H and O–H groups in total. The number of aromatic amines is 1. The maximum atomic E-state index is 5.35. The van der Waals surface area contributed by atoms with Crippen LogP contribution < -0.4 is 10.1 Å². The number of aryl methyl sites for hydroxylation is 1. The van der Waals surface area contributed by atoms with Crippen LogP contribution in [0, 0.1) is 6.92 Å². The zero-order valence-corrected chi connectivity index (χ0v) is 9.90. The summed E-state index contributed by atoms with van der Waals surface area (Å²) in [7, 11) is 0. The third kappa shape index (κ3) is 3.17. The van der Waals surface area contributed by atoms with Crippen LogP contribution in [0.25, 0.3) is 0 Å². The van der Waals surface area contributed by atoms with Crippen LogP contribution in [-0.4, -0.2) is 26.8 Å². The lowest BCUT2D eigenvalue weighted by atomic mass is 10.4. The summed E-state index contributed by atoms with van der Waals surface area (Å²) in [5.41, 5.74) is 1.92. The predicted molar refractivity (Wildman–Crippen MR) is 63.9 cm³/mol. The summed E-state index contributed by atoms with van der Waals surface area (Å²) >= 11 is 0. The van der Waals surface area contributed by atoms with E-state index >= 15 is 0 Å². The molecule has 0 unspecified atom stereocenters. The molecule has 17 heavy (non-hydrogen) atoms. The molecule has 0 atom stereocenters. The maximum Gasteiger partial charge on any atom is 0.226 e. The summed E-state index contributed by atoms with van der Waals surface area (Å²) in [5.74, 6) is 1.16. The van der Waals surface area contributed by atoms with E-state index in [-0.39, 0.29) is 0 Å².